The highest BCUT2D eigenvalue weighted by molar-refractivity contribution is 7.89. The number of hydrogen-bond donors (Lipinski definition) is 2. The lowest BCUT2D eigenvalue weighted by atomic mass is 9.82. The largest absolute Gasteiger partial charge is 0.356 e. The average Bonchev–Trinajstić information content (AvgIpc) is 2.24. The summed E-state index contributed by atoms with van der Waals surface area (Å²) in [7, 11) is -3.41. The molecule has 0 radical (unpaired) electrons. The molecule has 1 aliphatic rings. The number of hydrogen-bond acceptors (Lipinski definition) is 3. The standard InChI is InChI=1S/C11H22N2O3S/c1-9-3-5-10(6-4-9)11(14)13-7-2-8-17(12,15)16/h9-10H,2-8H2,1H3,(H,13,14)(H2,12,15,16). The maximum Gasteiger partial charge on any atom is 0.223 e. The molecule has 0 spiro atoms. The first-order chi connectivity index (χ1) is 7.88. The van der Waals surface area contributed by atoms with E-state index in [1.807, 2.05) is 0 Å². The monoisotopic (exact) mass is 262 g/mol. The molecule has 0 aromatic carbocycles. The zero-order chi connectivity index (χ0) is 12.9. The van der Waals surface area contributed by atoms with E-state index in [0.717, 1.165) is 31.6 Å². The van der Waals surface area contributed by atoms with Crippen LogP contribution in [0.2, 0.25) is 0 Å². The number of nitrogens with two attached hydrogens (primary N) is 1. The second-order valence-corrected chi connectivity index (χ2v) is 6.70. The van der Waals surface area contributed by atoms with Crippen LogP contribution < -0.4 is 10.5 Å². The zero-order valence-electron chi connectivity index (χ0n) is 10.3. The molecule has 0 atom stereocenters. The van der Waals surface area contributed by atoms with Gasteiger partial charge in [-0.05, 0) is 38.0 Å². The summed E-state index contributed by atoms with van der Waals surface area (Å²) in [6, 6.07) is 0. The molecule has 0 bridgehead atoms. The molecule has 0 aliphatic heterocycles. The van der Waals surface area contributed by atoms with Crippen LogP contribution in [0.25, 0.3) is 0 Å². The number of carbonyl (C=O) groups is 1. The van der Waals surface area contributed by atoms with Gasteiger partial charge < -0.3 is 5.32 Å². The van der Waals surface area contributed by atoms with Crippen LogP contribution in [-0.2, 0) is 14.8 Å². The van der Waals surface area contributed by atoms with Crippen molar-refractivity contribution in [2.24, 2.45) is 17.0 Å². The molecule has 1 aliphatic carbocycles. The van der Waals surface area contributed by atoms with E-state index in [4.69, 9.17) is 5.14 Å². The fourth-order valence-electron chi connectivity index (χ4n) is 2.15. The molecule has 1 fully saturated rings. The number of carbonyl (C=O) groups excluding carboxylic acids is 1. The number of nitrogens with one attached hydrogen (secondary N) is 1. The second kappa shape index (κ2) is 6.35. The van der Waals surface area contributed by atoms with Gasteiger partial charge in [-0.1, -0.05) is 6.92 Å². The van der Waals surface area contributed by atoms with Crippen molar-refractivity contribution in [3.63, 3.8) is 0 Å². The predicted octanol–water partition coefficient (Wildman–Crippen LogP) is 0.608. The highest BCUT2D eigenvalue weighted by atomic mass is 32.2. The van der Waals surface area contributed by atoms with Crippen LogP contribution in [-0.4, -0.2) is 26.6 Å². The van der Waals surface area contributed by atoms with Crippen LogP contribution >= 0.6 is 0 Å². The van der Waals surface area contributed by atoms with Gasteiger partial charge in [0.05, 0.1) is 5.75 Å². The van der Waals surface area contributed by atoms with Crippen molar-refractivity contribution in [2.45, 2.75) is 39.0 Å². The molecular weight excluding hydrogens is 240 g/mol. The third-order valence-electron chi connectivity index (χ3n) is 3.29. The number of sulfonamides is 1. The smallest absolute Gasteiger partial charge is 0.223 e. The van der Waals surface area contributed by atoms with Crippen LogP contribution in [0.5, 0.6) is 0 Å². The van der Waals surface area contributed by atoms with Gasteiger partial charge in [0.1, 0.15) is 0 Å². The number of rotatable bonds is 5. The molecule has 0 aromatic heterocycles. The maximum absolute atomic E-state index is 11.7. The van der Waals surface area contributed by atoms with E-state index in [2.05, 4.69) is 12.2 Å². The maximum atomic E-state index is 11.7. The van der Waals surface area contributed by atoms with Crippen molar-refractivity contribution >= 4 is 15.9 Å². The third kappa shape index (κ3) is 6.02. The Morgan fingerprint density at radius 3 is 2.41 bits per heavy atom. The Kier molecular flexibility index (Phi) is 5.39. The van der Waals surface area contributed by atoms with E-state index in [-0.39, 0.29) is 17.6 Å². The van der Waals surface area contributed by atoms with E-state index in [0.29, 0.717) is 13.0 Å². The second-order valence-electron chi connectivity index (χ2n) is 4.97. The Morgan fingerprint density at radius 1 is 1.29 bits per heavy atom. The Balaban J connectivity index is 2.17. The van der Waals surface area contributed by atoms with Gasteiger partial charge in [0.25, 0.3) is 0 Å². The van der Waals surface area contributed by atoms with Crippen molar-refractivity contribution < 1.29 is 13.2 Å². The first-order valence-corrected chi connectivity index (χ1v) is 7.88. The lowest BCUT2D eigenvalue weighted by Gasteiger charge is -2.25. The van der Waals surface area contributed by atoms with E-state index in [9.17, 15) is 13.2 Å². The molecule has 0 saturated heterocycles. The van der Waals surface area contributed by atoms with Gasteiger partial charge in [0.2, 0.25) is 15.9 Å². The molecular formula is C11H22N2O3S. The molecule has 0 heterocycles. The molecule has 0 aromatic rings. The lowest BCUT2D eigenvalue weighted by Crippen LogP contribution is -2.34. The summed E-state index contributed by atoms with van der Waals surface area (Å²) in [6.45, 7) is 2.60. The van der Waals surface area contributed by atoms with E-state index in [1.54, 1.807) is 0 Å². The van der Waals surface area contributed by atoms with Gasteiger partial charge in [0.15, 0.2) is 0 Å². The van der Waals surface area contributed by atoms with Crippen molar-refractivity contribution in [1.29, 1.82) is 0 Å². The Hall–Kier alpha value is -0.620. The molecule has 1 amide bonds. The minimum atomic E-state index is -3.41. The van der Waals surface area contributed by atoms with Gasteiger partial charge >= 0.3 is 0 Å². The zero-order valence-corrected chi connectivity index (χ0v) is 11.1. The van der Waals surface area contributed by atoms with Gasteiger partial charge in [0, 0.05) is 12.5 Å². The fourth-order valence-corrected chi connectivity index (χ4v) is 2.70. The van der Waals surface area contributed by atoms with Crippen molar-refractivity contribution in [1.82, 2.24) is 5.32 Å². The molecule has 100 valence electrons. The van der Waals surface area contributed by atoms with Crippen LogP contribution in [0.15, 0.2) is 0 Å². The summed E-state index contributed by atoms with van der Waals surface area (Å²) < 4.78 is 21.4. The molecule has 0 unspecified atom stereocenters. The quantitative estimate of drug-likeness (QED) is 0.711. The highest BCUT2D eigenvalue weighted by Gasteiger charge is 2.23. The van der Waals surface area contributed by atoms with Crippen LogP contribution in [0.1, 0.15) is 39.0 Å². The average molecular weight is 262 g/mol. The van der Waals surface area contributed by atoms with Gasteiger partial charge in [-0.2, -0.15) is 0 Å². The third-order valence-corrected chi connectivity index (χ3v) is 4.15. The Labute approximate surface area is 103 Å². The van der Waals surface area contributed by atoms with Crippen molar-refractivity contribution in [3.8, 4) is 0 Å². The molecule has 3 N–H and O–H groups in total. The number of primary sulfonamides is 1. The molecule has 6 heteroatoms. The normalized spacial score (nSPS) is 25.5. The Bertz CT molecular complexity index is 346. The molecule has 1 saturated carbocycles. The Morgan fingerprint density at radius 2 is 1.88 bits per heavy atom. The van der Waals surface area contributed by atoms with E-state index < -0.39 is 10.0 Å². The topological polar surface area (TPSA) is 89.3 Å². The molecule has 5 nitrogen and oxygen atoms in total. The van der Waals surface area contributed by atoms with Gasteiger partial charge in [-0.25, -0.2) is 13.6 Å². The predicted molar refractivity (Wildman–Crippen MR) is 66.7 cm³/mol. The SMILES string of the molecule is CC1CCC(C(=O)NCCCS(N)(=O)=O)CC1. The minimum absolute atomic E-state index is 0.0614. The summed E-state index contributed by atoms with van der Waals surface area (Å²) in [5.74, 6) is 0.822. The summed E-state index contributed by atoms with van der Waals surface area (Å²) in [6.07, 6.45) is 4.49. The first kappa shape index (κ1) is 14.4. The summed E-state index contributed by atoms with van der Waals surface area (Å²) >= 11 is 0. The first-order valence-electron chi connectivity index (χ1n) is 6.16. The minimum Gasteiger partial charge on any atom is -0.356 e. The molecule has 1 rings (SSSR count). The number of amides is 1. The van der Waals surface area contributed by atoms with Crippen molar-refractivity contribution in [2.75, 3.05) is 12.3 Å². The van der Waals surface area contributed by atoms with Gasteiger partial charge in [-0.3, -0.25) is 4.79 Å². The summed E-state index contributed by atoms with van der Waals surface area (Å²) in [5.41, 5.74) is 0. The van der Waals surface area contributed by atoms with Crippen molar-refractivity contribution in [3.05, 3.63) is 0 Å². The highest BCUT2D eigenvalue weighted by Crippen LogP contribution is 2.28. The fraction of sp³-hybridized carbons (Fsp3) is 0.909. The van der Waals surface area contributed by atoms with E-state index >= 15 is 0 Å². The summed E-state index contributed by atoms with van der Waals surface area (Å²) in [4.78, 5) is 11.7. The lowest BCUT2D eigenvalue weighted by molar-refractivity contribution is -0.126. The van der Waals surface area contributed by atoms with E-state index in [1.165, 1.54) is 0 Å². The molecule has 17 heavy (non-hydrogen) atoms. The van der Waals surface area contributed by atoms with Crippen LogP contribution in [0, 0.1) is 11.8 Å². The van der Waals surface area contributed by atoms with Crippen LogP contribution in [0.4, 0.5) is 0 Å². The summed E-state index contributed by atoms with van der Waals surface area (Å²) in [5, 5.41) is 7.65. The van der Waals surface area contributed by atoms with Crippen LogP contribution in [0.3, 0.4) is 0 Å². The van der Waals surface area contributed by atoms with Gasteiger partial charge in [-0.15, -0.1) is 0 Å².